The zero-order valence-corrected chi connectivity index (χ0v) is 8.99. The molecular formula is C12H19NO. The monoisotopic (exact) mass is 193 g/mol. The molecule has 1 aromatic carbocycles. The summed E-state index contributed by atoms with van der Waals surface area (Å²) in [6.45, 7) is 5.34. The summed E-state index contributed by atoms with van der Waals surface area (Å²) in [6.07, 6.45) is 0.932. The van der Waals surface area contributed by atoms with Crippen LogP contribution in [0.3, 0.4) is 0 Å². The average molecular weight is 193 g/mol. The van der Waals surface area contributed by atoms with Crippen molar-refractivity contribution in [3.8, 4) is 0 Å². The van der Waals surface area contributed by atoms with Crippen molar-refractivity contribution in [3.63, 3.8) is 0 Å². The van der Waals surface area contributed by atoms with E-state index >= 15 is 0 Å². The molecule has 0 bridgehead atoms. The second-order valence-corrected chi connectivity index (χ2v) is 3.99. The lowest BCUT2D eigenvalue weighted by Crippen LogP contribution is -2.40. The maximum atomic E-state index is 5.96. The summed E-state index contributed by atoms with van der Waals surface area (Å²) in [4.78, 5) is 0. The summed E-state index contributed by atoms with van der Waals surface area (Å²) in [6, 6.07) is 10.1. The van der Waals surface area contributed by atoms with E-state index in [9.17, 15) is 0 Å². The Hall–Kier alpha value is -0.860. The van der Waals surface area contributed by atoms with Crippen molar-refractivity contribution < 1.29 is 4.74 Å². The van der Waals surface area contributed by atoms with Crippen molar-refractivity contribution in [2.24, 2.45) is 5.73 Å². The van der Waals surface area contributed by atoms with Gasteiger partial charge in [-0.1, -0.05) is 37.3 Å². The second-order valence-electron chi connectivity index (χ2n) is 3.99. The van der Waals surface area contributed by atoms with Gasteiger partial charge in [0.2, 0.25) is 0 Å². The van der Waals surface area contributed by atoms with E-state index in [0.717, 1.165) is 6.42 Å². The molecule has 0 heterocycles. The van der Waals surface area contributed by atoms with E-state index in [-0.39, 0.29) is 5.54 Å². The minimum Gasteiger partial charge on any atom is -0.375 e. The molecule has 2 nitrogen and oxygen atoms in total. The minimum atomic E-state index is -0.200. The first-order valence-corrected chi connectivity index (χ1v) is 5.04. The molecule has 0 aromatic heterocycles. The van der Waals surface area contributed by atoms with Gasteiger partial charge in [0.1, 0.15) is 0 Å². The van der Waals surface area contributed by atoms with Crippen LogP contribution >= 0.6 is 0 Å². The molecule has 0 radical (unpaired) electrons. The fourth-order valence-corrected chi connectivity index (χ4v) is 1.08. The Morgan fingerprint density at radius 1 is 1.29 bits per heavy atom. The summed E-state index contributed by atoms with van der Waals surface area (Å²) >= 11 is 0. The van der Waals surface area contributed by atoms with E-state index in [1.165, 1.54) is 5.56 Å². The third-order valence-corrected chi connectivity index (χ3v) is 2.35. The molecule has 0 amide bonds. The van der Waals surface area contributed by atoms with E-state index in [1.54, 1.807) is 0 Å². The molecular weight excluding hydrogens is 174 g/mol. The highest BCUT2D eigenvalue weighted by molar-refractivity contribution is 5.13. The fourth-order valence-electron chi connectivity index (χ4n) is 1.08. The molecule has 0 spiro atoms. The van der Waals surface area contributed by atoms with Crippen LogP contribution in [-0.4, -0.2) is 12.1 Å². The first-order valence-electron chi connectivity index (χ1n) is 5.04. The van der Waals surface area contributed by atoms with Crippen LogP contribution in [0.1, 0.15) is 25.8 Å². The Bertz CT molecular complexity index is 256. The molecule has 0 fully saturated rings. The van der Waals surface area contributed by atoms with Crippen molar-refractivity contribution in [2.75, 3.05) is 6.61 Å². The normalized spacial score (nSPS) is 15.1. The molecule has 78 valence electrons. The Morgan fingerprint density at radius 3 is 2.50 bits per heavy atom. The van der Waals surface area contributed by atoms with E-state index in [0.29, 0.717) is 13.2 Å². The Balaban J connectivity index is 2.29. The summed E-state index contributed by atoms with van der Waals surface area (Å²) in [5, 5.41) is 0. The Kier molecular flexibility index (Phi) is 4.11. The largest absolute Gasteiger partial charge is 0.375 e. The molecule has 14 heavy (non-hydrogen) atoms. The quantitative estimate of drug-likeness (QED) is 0.779. The molecule has 1 aromatic rings. The number of nitrogens with two attached hydrogens (primary N) is 1. The molecule has 0 unspecified atom stereocenters. The first-order chi connectivity index (χ1) is 6.64. The van der Waals surface area contributed by atoms with Gasteiger partial charge in [0.15, 0.2) is 0 Å². The minimum absolute atomic E-state index is 0.200. The topological polar surface area (TPSA) is 35.2 Å². The van der Waals surface area contributed by atoms with E-state index < -0.39 is 0 Å². The smallest absolute Gasteiger partial charge is 0.0717 e. The van der Waals surface area contributed by atoms with Crippen molar-refractivity contribution in [1.29, 1.82) is 0 Å². The molecule has 0 aliphatic heterocycles. The number of ether oxygens (including phenoxy) is 1. The van der Waals surface area contributed by atoms with Crippen LogP contribution in [0.4, 0.5) is 0 Å². The molecule has 2 N–H and O–H groups in total. The van der Waals surface area contributed by atoms with Crippen LogP contribution in [0, 0.1) is 0 Å². The summed E-state index contributed by atoms with van der Waals surface area (Å²) in [7, 11) is 0. The Morgan fingerprint density at radius 2 is 1.93 bits per heavy atom. The predicted octanol–water partition coefficient (Wildman–Crippen LogP) is 2.33. The van der Waals surface area contributed by atoms with Crippen molar-refractivity contribution in [1.82, 2.24) is 0 Å². The highest BCUT2D eigenvalue weighted by Gasteiger charge is 2.15. The Labute approximate surface area is 86.1 Å². The molecule has 1 rings (SSSR count). The van der Waals surface area contributed by atoms with Crippen LogP contribution in [0.5, 0.6) is 0 Å². The van der Waals surface area contributed by atoms with E-state index in [4.69, 9.17) is 10.5 Å². The maximum absolute atomic E-state index is 5.96. The van der Waals surface area contributed by atoms with Gasteiger partial charge in [-0.25, -0.2) is 0 Å². The van der Waals surface area contributed by atoms with Gasteiger partial charge in [0, 0.05) is 5.54 Å². The van der Waals surface area contributed by atoms with Crippen molar-refractivity contribution in [3.05, 3.63) is 35.9 Å². The standard InChI is InChI=1S/C12H19NO/c1-3-12(2,13)10-14-9-11-7-5-4-6-8-11/h4-8H,3,9-10,13H2,1-2H3/t12-/m0/s1. The predicted molar refractivity (Wildman–Crippen MR) is 59.0 cm³/mol. The van der Waals surface area contributed by atoms with Crippen LogP contribution in [-0.2, 0) is 11.3 Å². The van der Waals surface area contributed by atoms with Crippen LogP contribution in [0.15, 0.2) is 30.3 Å². The SMILES string of the molecule is CC[C@](C)(N)COCc1ccccc1. The van der Waals surface area contributed by atoms with Gasteiger partial charge < -0.3 is 10.5 Å². The van der Waals surface area contributed by atoms with E-state index in [2.05, 4.69) is 19.1 Å². The highest BCUT2D eigenvalue weighted by Crippen LogP contribution is 2.07. The van der Waals surface area contributed by atoms with Crippen molar-refractivity contribution in [2.45, 2.75) is 32.4 Å². The summed E-state index contributed by atoms with van der Waals surface area (Å²) in [5.74, 6) is 0. The number of hydrogen-bond donors (Lipinski definition) is 1. The first kappa shape index (κ1) is 11.2. The highest BCUT2D eigenvalue weighted by atomic mass is 16.5. The number of hydrogen-bond acceptors (Lipinski definition) is 2. The van der Waals surface area contributed by atoms with Gasteiger partial charge >= 0.3 is 0 Å². The van der Waals surface area contributed by atoms with E-state index in [1.807, 2.05) is 25.1 Å². The number of rotatable bonds is 5. The van der Waals surface area contributed by atoms with Gasteiger partial charge in [-0.05, 0) is 18.9 Å². The van der Waals surface area contributed by atoms with Crippen molar-refractivity contribution >= 4 is 0 Å². The second kappa shape index (κ2) is 5.13. The van der Waals surface area contributed by atoms with Crippen LogP contribution < -0.4 is 5.73 Å². The summed E-state index contributed by atoms with van der Waals surface area (Å²) in [5.41, 5.74) is 6.95. The third kappa shape index (κ3) is 3.90. The molecule has 0 aliphatic carbocycles. The fraction of sp³-hybridized carbons (Fsp3) is 0.500. The summed E-state index contributed by atoms with van der Waals surface area (Å²) < 4.78 is 5.55. The maximum Gasteiger partial charge on any atom is 0.0717 e. The van der Waals surface area contributed by atoms with Gasteiger partial charge in [-0.15, -0.1) is 0 Å². The molecule has 2 heteroatoms. The lowest BCUT2D eigenvalue weighted by molar-refractivity contribution is 0.0777. The third-order valence-electron chi connectivity index (χ3n) is 2.35. The molecule has 0 saturated carbocycles. The molecule has 0 saturated heterocycles. The van der Waals surface area contributed by atoms with Crippen LogP contribution in [0.25, 0.3) is 0 Å². The van der Waals surface area contributed by atoms with Gasteiger partial charge in [0.05, 0.1) is 13.2 Å². The zero-order valence-electron chi connectivity index (χ0n) is 8.99. The zero-order chi connectivity index (χ0) is 10.4. The number of benzene rings is 1. The van der Waals surface area contributed by atoms with Gasteiger partial charge in [-0.2, -0.15) is 0 Å². The molecule has 1 atom stereocenters. The lowest BCUT2D eigenvalue weighted by Gasteiger charge is -2.22. The van der Waals surface area contributed by atoms with Gasteiger partial charge in [-0.3, -0.25) is 0 Å². The average Bonchev–Trinajstić information content (AvgIpc) is 2.19. The lowest BCUT2D eigenvalue weighted by atomic mass is 10.0. The van der Waals surface area contributed by atoms with Crippen LogP contribution in [0.2, 0.25) is 0 Å². The van der Waals surface area contributed by atoms with Gasteiger partial charge in [0.25, 0.3) is 0 Å². The molecule has 0 aliphatic rings.